The maximum atomic E-state index is 12.9. The van der Waals surface area contributed by atoms with Gasteiger partial charge in [0.1, 0.15) is 17.4 Å². The van der Waals surface area contributed by atoms with Crippen molar-refractivity contribution < 1.29 is 13.9 Å². The second-order valence-corrected chi connectivity index (χ2v) is 6.14. The number of methoxy groups -OCH3 is 1. The number of hydrogen-bond acceptors (Lipinski definition) is 5. The van der Waals surface area contributed by atoms with E-state index in [0.29, 0.717) is 18.2 Å². The lowest BCUT2D eigenvalue weighted by Crippen LogP contribution is -2.16. The molecule has 1 aromatic heterocycles. The molecule has 0 fully saturated rings. The highest BCUT2D eigenvalue weighted by molar-refractivity contribution is 5.91. The van der Waals surface area contributed by atoms with Gasteiger partial charge in [-0.15, -0.1) is 10.2 Å². The van der Waals surface area contributed by atoms with E-state index in [1.807, 2.05) is 24.3 Å². The number of ether oxygens (including phenoxy) is 1. The number of hydrogen-bond donors (Lipinski definition) is 2. The number of carbonyl (C=O) groups is 1. The molecule has 3 aromatic rings. The number of benzene rings is 2. The lowest BCUT2D eigenvalue weighted by Gasteiger charge is -2.09. The van der Waals surface area contributed by atoms with E-state index in [4.69, 9.17) is 4.74 Å². The zero-order valence-electron chi connectivity index (χ0n) is 15.5. The van der Waals surface area contributed by atoms with Crippen LogP contribution >= 0.6 is 0 Å². The standard InChI is InChI=1S/C21H21FN4O2/c1-28-18-5-3-2-4-16(18)12-13-23-19-10-11-20(26-25-19)24-21(27)14-15-6-8-17(22)9-7-15/h2-11H,12-14H2,1H3,(H,23,25)(H,24,26,27). The summed E-state index contributed by atoms with van der Waals surface area (Å²) in [6, 6.07) is 17.1. The van der Waals surface area contributed by atoms with Crippen LogP contribution in [0.4, 0.5) is 16.0 Å². The molecule has 2 aromatic carbocycles. The summed E-state index contributed by atoms with van der Waals surface area (Å²) in [6.45, 7) is 0.672. The van der Waals surface area contributed by atoms with Crippen LogP contribution in [-0.4, -0.2) is 29.8 Å². The molecule has 2 N–H and O–H groups in total. The van der Waals surface area contributed by atoms with E-state index >= 15 is 0 Å². The number of anilines is 2. The fourth-order valence-corrected chi connectivity index (χ4v) is 2.70. The molecule has 1 heterocycles. The van der Waals surface area contributed by atoms with Crippen LogP contribution in [-0.2, 0) is 17.6 Å². The van der Waals surface area contributed by atoms with Crippen molar-refractivity contribution in [2.75, 3.05) is 24.3 Å². The zero-order valence-corrected chi connectivity index (χ0v) is 15.5. The number of rotatable bonds is 8. The Kier molecular flexibility index (Phi) is 6.51. The maximum Gasteiger partial charge on any atom is 0.229 e. The molecule has 7 heteroatoms. The van der Waals surface area contributed by atoms with Gasteiger partial charge in [-0.05, 0) is 47.9 Å². The second kappa shape index (κ2) is 9.45. The van der Waals surface area contributed by atoms with E-state index < -0.39 is 0 Å². The first-order chi connectivity index (χ1) is 13.6. The van der Waals surface area contributed by atoms with Crippen LogP contribution < -0.4 is 15.4 Å². The molecule has 0 saturated heterocycles. The Balaban J connectivity index is 1.47. The summed E-state index contributed by atoms with van der Waals surface area (Å²) in [5.74, 6) is 1.27. The summed E-state index contributed by atoms with van der Waals surface area (Å²) >= 11 is 0. The molecular formula is C21H21FN4O2. The highest BCUT2D eigenvalue weighted by Crippen LogP contribution is 2.17. The predicted octanol–water partition coefficient (Wildman–Crippen LogP) is 3.46. The summed E-state index contributed by atoms with van der Waals surface area (Å²) in [6.07, 6.45) is 0.919. The Morgan fingerprint density at radius 1 is 1.00 bits per heavy atom. The molecule has 144 valence electrons. The third kappa shape index (κ3) is 5.51. The summed E-state index contributed by atoms with van der Waals surface area (Å²) < 4.78 is 18.2. The van der Waals surface area contributed by atoms with Gasteiger partial charge in [0.15, 0.2) is 5.82 Å². The minimum absolute atomic E-state index is 0.140. The molecule has 0 aliphatic rings. The zero-order chi connectivity index (χ0) is 19.8. The molecule has 1 amide bonds. The monoisotopic (exact) mass is 380 g/mol. The van der Waals surface area contributed by atoms with Crippen LogP contribution in [0, 0.1) is 5.82 Å². The first-order valence-corrected chi connectivity index (χ1v) is 8.88. The van der Waals surface area contributed by atoms with Crippen LogP contribution in [0.15, 0.2) is 60.7 Å². The number of amides is 1. The maximum absolute atomic E-state index is 12.9. The van der Waals surface area contributed by atoms with Gasteiger partial charge in [-0.2, -0.15) is 0 Å². The number of halogens is 1. The van der Waals surface area contributed by atoms with Crippen molar-refractivity contribution in [1.29, 1.82) is 0 Å². The van der Waals surface area contributed by atoms with Gasteiger partial charge in [-0.3, -0.25) is 4.79 Å². The average molecular weight is 380 g/mol. The number of aromatic nitrogens is 2. The number of nitrogens with one attached hydrogen (secondary N) is 2. The van der Waals surface area contributed by atoms with Crippen molar-refractivity contribution in [2.45, 2.75) is 12.8 Å². The van der Waals surface area contributed by atoms with Crippen molar-refractivity contribution in [1.82, 2.24) is 10.2 Å². The van der Waals surface area contributed by atoms with Gasteiger partial charge >= 0.3 is 0 Å². The smallest absolute Gasteiger partial charge is 0.229 e. The molecule has 3 rings (SSSR count). The van der Waals surface area contributed by atoms with Gasteiger partial charge in [-0.25, -0.2) is 4.39 Å². The van der Waals surface area contributed by atoms with Gasteiger partial charge in [0, 0.05) is 6.54 Å². The van der Waals surface area contributed by atoms with E-state index in [1.54, 1.807) is 31.4 Å². The van der Waals surface area contributed by atoms with Crippen molar-refractivity contribution >= 4 is 17.5 Å². The van der Waals surface area contributed by atoms with Gasteiger partial charge in [-0.1, -0.05) is 30.3 Å². The summed E-state index contributed by atoms with van der Waals surface area (Å²) in [4.78, 5) is 12.0. The quantitative estimate of drug-likeness (QED) is 0.626. The molecular weight excluding hydrogens is 359 g/mol. The van der Waals surface area contributed by atoms with Crippen LogP contribution in [0.2, 0.25) is 0 Å². The van der Waals surface area contributed by atoms with Crippen molar-refractivity contribution in [2.24, 2.45) is 0 Å². The lowest BCUT2D eigenvalue weighted by atomic mass is 10.1. The van der Waals surface area contributed by atoms with E-state index in [-0.39, 0.29) is 18.1 Å². The fourth-order valence-electron chi connectivity index (χ4n) is 2.70. The minimum atomic E-state index is -0.330. The SMILES string of the molecule is COc1ccccc1CCNc1ccc(NC(=O)Cc2ccc(F)cc2)nn1. The average Bonchev–Trinajstić information content (AvgIpc) is 2.71. The molecule has 6 nitrogen and oxygen atoms in total. The van der Waals surface area contributed by atoms with E-state index in [2.05, 4.69) is 20.8 Å². The van der Waals surface area contributed by atoms with Crippen LogP contribution in [0.3, 0.4) is 0 Å². The van der Waals surface area contributed by atoms with Crippen molar-refractivity contribution in [3.63, 3.8) is 0 Å². The van der Waals surface area contributed by atoms with Gasteiger partial charge in [0.05, 0.1) is 13.5 Å². The first-order valence-electron chi connectivity index (χ1n) is 8.88. The summed E-state index contributed by atoms with van der Waals surface area (Å²) in [5, 5.41) is 13.9. The Bertz CT molecular complexity index is 914. The first kappa shape index (κ1) is 19.3. The Morgan fingerprint density at radius 2 is 1.71 bits per heavy atom. The van der Waals surface area contributed by atoms with Crippen molar-refractivity contribution in [3.8, 4) is 5.75 Å². The normalized spacial score (nSPS) is 10.4. The second-order valence-electron chi connectivity index (χ2n) is 6.14. The third-order valence-electron chi connectivity index (χ3n) is 4.10. The lowest BCUT2D eigenvalue weighted by molar-refractivity contribution is -0.115. The highest BCUT2D eigenvalue weighted by atomic mass is 19.1. The largest absolute Gasteiger partial charge is 0.496 e. The molecule has 0 aliphatic heterocycles. The van der Waals surface area contributed by atoms with Crippen molar-refractivity contribution in [3.05, 3.63) is 77.6 Å². The molecule has 0 bridgehead atoms. The molecule has 0 saturated carbocycles. The van der Waals surface area contributed by atoms with Crippen LogP contribution in [0.25, 0.3) is 0 Å². The molecule has 0 atom stereocenters. The minimum Gasteiger partial charge on any atom is -0.496 e. The van der Waals surface area contributed by atoms with Gasteiger partial charge < -0.3 is 15.4 Å². The van der Waals surface area contributed by atoms with Crippen LogP contribution in [0.1, 0.15) is 11.1 Å². The molecule has 0 spiro atoms. The number of carbonyl (C=O) groups excluding carboxylic acids is 1. The summed E-state index contributed by atoms with van der Waals surface area (Å²) in [7, 11) is 1.65. The predicted molar refractivity (Wildman–Crippen MR) is 106 cm³/mol. The molecule has 0 radical (unpaired) electrons. The fraction of sp³-hybridized carbons (Fsp3) is 0.190. The van der Waals surface area contributed by atoms with E-state index in [0.717, 1.165) is 23.3 Å². The molecule has 28 heavy (non-hydrogen) atoms. The Labute approximate surface area is 162 Å². The molecule has 0 aliphatic carbocycles. The van der Waals surface area contributed by atoms with Gasteiger partial charge in [0.25, 0.3) is 0 Å². The Hall–Kier alpha value is -3.48. The number of para-hydroxylation sites is 1. The highest BCUT2D eigenvalue weighted by Gasteiger charge is 2.06. The van der Waals surface area contributed by atoms with Gasteiger partial charge in [0.2, 0.25) is 5.91 Å². The van der Waals surface area contributed by atoms with E-state index in [1.165, 1.54) is 12.1 Å². The molecule has 0 unspecified atom stereocenters. The topological polar surface area (TPSA) is 76.1 Å². The van der Waals surface area contributed by atoms with Crippen LogP contribution in [0.5, 0.6) is 5.75 Å². The van der Waals surface area contributed by atoms with E-state index in [9.17, 15) is 9.18 Å². The Morgan fingerprint density at radius 3 is 2.43 bits per heavy atom. The third-order valence-corrected chi connectivity index (χ3v) is 4.10. The summed E-state index contributed by atoms with van der Waals surface area (Å²) in [5.41, 5.74) is 1.83. The number of nitrogens with zero attached hydrogens (tertiary/aromatic N) is 2.